The van der Waals surface area contributed by atoms with Crippen molar-refractivity contribution in [2.45, 2.75) is 44.4 Å². The number of hydrogen-bond acceptors (Lipinski definition) is 5. The van der Waals surface area contributed by atoms with Crippen LogP contribution in [0.5, 0.6) is 0 Å². The molecule has 2 aliphatic rings. The van der Waals surface area contributed by atoms with E-state index in [0.29, 0.717) is 11.8 Å². The topological polar surface area (TPSA) is 96.2 Å². The van der Waals surface area contributed by atoms with Crippen LogP contribution in [-0.4, -0.2) is 45.8 Å². The van der Waals surface area contributed by atoms with E-state index in [0.717, 1.165) is 38.8 Å². The van der Waals surface area contributed by atoms with E-state index in [1.54, 1.807) is 12.3 Å². The molecule has 1 aliphatic carbocycles. The summed E-state index contributed by atoms with van der Waals surface area (Å²) < 4.78 is 1.31. The highest BCUT2D eigenvalue weighted by Crippen LogP contribution is 2.35. The number of piperidine rings is 1. The summed E-state index contributed by atoms with van der Waals surface area (Å²) in [5.41, 5.74) is -0.417. The number of hydrogen-bond donors (Lipinski definition) is 3. The minimum atomic E-state index is -0.417. The molecule has 0 spiro atoms. The lowest BCUT2D eigenvalue weighted by Crippen LogP contribution is -2.53. The van der Waals surface area contributed by atoms with Gasteiger partial charge in [-0.25, -0.2) is 9.78 Å². The Labute approximate surface area is 135 Å². The molecule has 7 nitrogen and oxygen atoms in total. The van der Waals surface area contributed by atoms with Crippen molar-refractivity contribution >= 4 is 5.91 Å². The van der Waals surface area contributed by atoms with Crippen molar-refractivity contribution in [2.75, 3.05) is 13.1 Å². The average Bonchev–Trinajstić information content (AvgIpc) is 2.53. The number of amides is 1. The largest absolute Gasteiger partial charge is 0.393 e. The van der Waals surface area contributed by atoms with Crippen LogP contribution in [0.2, 0.25) is 0 Å². The van der Waals surface area contributed by atoms with Crippen molar-refractivity contribution < 1.29 is 9.90 Å². The zero-order valence-electron chi connectivity index (χ0n) is 13.1. The third-order valence-electron chi connectivity index (χ3n) is 4.97. The van der Waals surface area contributed by atoms with Crippen molar-refractivity contribution in [2.24, 2.45) is 11.8 Å². The van der Waals surface area contributed by atoms with Crippen LogP contribution in [0.15, 0.2) is 23.3 Å². The second-order valence-electron chi connectivity index (χ2n) is 6.60. The number of rotatable bonds is 5. The van der Waals surface area contributed by atoms with Gasteiger partial charge in [0.1, 0.15) is 6.54 Å². The third-order valence-corrected chi connectivity index (χ3v) is 4.97. The van der Waals surface area contributed by atoms with Gasteiger partial charge in [-0.2, -0.15) is 0 Å². The summed E-state index contributed by atoms with van der Waals surface area (Å²) in [6.07, 6.45) is 6.33. The molecule has 1 aromatic heterocycles. The Kier molecular flexibility index (Phi) is 5.07. The van der Waals surface area contributed by atoms with Crippen LogP contribution in [0.1, 0.15) is 25.7 Å². The Hall–Kier alpha value is -1.73. The number of aliphatic hydroxyl groups is 1. The van der Waals surface area contributed by atoms with Gasteiger partial charge in [0.05, 0.1) is 6.10 Å². The molecule has 1 aromatic rings. The van der Waals surface area contributed by atoms with Crippen LogP contribution in [-0.2, 0) is 11.3 Å². The molecule has 3 rings (SSSR count). The molecule has 1 saturated heterocycles. The predicted molar refractivity (Wildman–Crippen MR) is 84.8 cm³/mol. The van der Waals surface area contributed by atoms with Crippen LogP contribution in [0.25, 0.3) is 0 Å². The van der Waals surface area contributed by atoms with Crippen molar-refractivity contribution in [1.29, 1.82) is 0 Å². The highest BCUT2D eigenvalue weighted by Gasteiger charge is 2.39. The zero-order chi connectivity index (χ0) is 16.2. The Morgan fingerprint density at radius 3 is 2.78 bits per heavy atom. The second-order valence-corrected chi connectivity index (χ2v) is 6.60. The van der Waals surface area contributed by atoms with Gasteiger partial charge in [0.15, 0.2) is 0 Å². The molecule has 0 aromatic carbocycles. The fourth-order valence-electron chi connectivity index (χ4n) is 3.64. The third kappa shape index (κ3) is 3.97. The molecular formula is C16H24N4O3. The van der Waals surface area contributed by atoms with E-state index in [-0.39, 0.29) is 24.6 Å². The van der Waals surface area contributed by atoms with Crippen LogP contribution in [0, 0.1) is 11.8 Å². The van der Waals surface area contributed by atoms with Crippen molar-refractivity contribution in [3.63, 3.8) is 0 Å². The van der Waals surface area contributed by atoms with Gasteiger partial charge in [-0.3, -0.25) is 9.36 Å². The van der Waals surface area contributed by atoms with E-state index in [9.17, 15) is 14.7 Å². The molecule has 1 atom stereocenters. The Balaban J connectivity index is 1.64. The van der Waals surface area contributed by atoms with Gasteiger partial charge in [0.25, 0.3) is 0 Å². The van der Waals surface area contributed by atoms with Gasteiger partial charge in [-0.1, -0.05) is 0 Å². The second kappa shape index (κ2) is 7.23. The molecule has 2 fully saturated rings. The van der Waals surface area contributed by atoms with Gasteiger partial charge >= 0.3 is 5.69 Å². The minimum absolute atomic E-state index is 0.0105. The number of carbonyl (C=O) groups is 1. The smallest absolute Gasteiger partial charge is 0.347 e. The van der Waals surface area contributed by atoms with Crippen molar-refractivity contribution in [3.8, 4) is 0 Å². The first-order valence-electron chi connectivity index (χ1n) is 8.33. The molecule has 1 amide bonds. The van der Waals surface area contributed by atoms with E-state index in [4.69, 9.17) is 0 Å². The maximum absolute atomic E-state index is 12.4. The molecule has 3 N–H and O–H groups in total. The van der Waals surface area contributed by atoms with Gasteiger partial charge in [-0.15, -0.1) is 0 Å². The van der Waals surface area contributed by atoms with Crippen LogP contribution in [0.3, 0.4) is 0 Å². The normalized spacial score (nSPS) is 26.3. The number of nitrogens with one attached hydrogen (secondary N) is 2. The fraction of sp³-hybridized carbons (Fsp3) is 0.688. The van der Waals surface area contributed by atoms with E-state index >= 15 is 0 Å². The minimum Gasteiger partial charge on any atom is -0.393 e. The molecule has 0 bridgehead atoms. The summed E-state index contributed by atoms with van der Waals surface area (Å²) in [6, 6.07) is 1.72. The van der Waals surface area contributed by atoms with E-state index in [1.165, 1.54) is 10.8 Å². The maximum Gasteiger partial charge on any atom is 0.347 e. The zero-order valence-corrected chi connectivity index (χ0v) is 13.1. The Morgan fingerprint density at radius 1 is 1.39 bits per heavy atom. The lowest BCUT2D eigenvalue weighted by atomic mass is 9.71. The summed E-state index contributed by atoms with van der Waals surface area (Å²) in [7, 11) is 0. The fourth-order valence-corrected chi connectivity index (χ4v) is 3.64. The highest BCUT2D eigenvalue weighted by atomic mass is 16.3. The van der Waals surface area contributed by atoms with Gasteiger partial charge in [0, 0.05) is 18.4 Å². The van der Waals surface area contributed by atoms with Gasteiger partial charge in [0.2, 0.25) is 5.91 Å². The number of aliphatic hydroxyl groups excluding tert-OH is 1. The van der Waals surface area contributed by atoms with Crippen LogP contribution in [0.4, 0.5) is 0 Å². The highest BCUT2D eigenvalue weighted by molar-refractivity contribution is 5.76. The first-order valence-corrected chi connectivity index (χ1v) is 8.33. The molecule has 23 heavy (non-hydrogen) atoms. The SMILES string of the molecule is O=C(Cn1cccnc1=O)N[C@@H](C1CCNCC1)C1CC(O)C1. The Bertz CT molecular complexity index is 591. The molecule has 7 heteroatoms. The summed E-state index contributed by atoms with van der Waals surface area (Å²) in [6.45, 7) is 1.92. The van der Waals surface area contributed by atoms with Crippen LogP contribution < -0.4 is 16.3 Å². The quantitative estimate of drug-likeness (QED) is 0.680. The van der Waals surface area contributed by atoms with Crippen molar-refractivity contribution in [1.82, 2.24) is 20.2 Å². The first-order chi connectivity index (χ1) is 11.1. The summed E-state index contributed by atoms with van der Waals surface area (Å²) >= 11 is 0. The van der Waals surface area contributed by atoms with E-state index < -0.39 is 5.69 Å². The number of carbonyl (C=O) groups excluding carboxylic acids is 1. The monoisotopic (exact) mass is 320 g/mol. The van der Waals surface area contributed by atoms with E-state index in [2.05, 4.69) is 15.6 Å². The van der Waals surface area contributed by atoms with Crippen LogP contribution >= 0.6 is 0 Å². The number of nitrogens with zero attached hydrogens (tertiary/aromatic N) is 2. The summed E-state index contributed by atoms with van der Waals surface area (Å²) in [5, 5.41) is 16.1. The first kappa shape index (κ1) is 16.1. The van der Waals surface area contributed by atoms with Gasteiger partial charge in [-0.05, 0) is 56.7 Å². The summed E-state index contributed by atoms with van der Waals surface area (Å²) in [5.74, 6) is 0.607. The average molecular weight is 320 g/mol. The lowest BCUT2D eigenvalue weighted by molar-refractivity contribution is -0.124. The van der Waals surface area contributed by atoms with E-state index in [1.807, 2.05) is 0 Å². The molecule has 0 radical (unpaired) electrons. The molecule has 0 unspecified atom stereocenters. The lowest BCUT2D eigenvalue weighted by Gasteiger charge is -2.43. The predicted octanol–water partition coefficient (Wildman–Crippen LogP) is -0.501. The molecule has 2 heterocycles. The molecule has 126 valence electrons. The summed E-state index contributed by atoms with van der Waals surface area (Å²) in [4.78, 5) is 27.6. The molecular weight excluding hydrogens is 296 g/mol. The maximum atomic E-state index is 12.4. The molecule has 1 saturated carbocycles. The van der Waals surface area contributed by atoms with Gasteiger partial charge < -0.3 is 15.7 Å². The Morgan fingerprint density at radius 2 is 2.13 bits per heavy atom. The standard InChI is InChI=1S/C16H24N4O3/c21-13-8-12(9-13)15(11-2-5-17-6-3-11)19-14(22)10-20-7-1-4-18-16(20)23/h1,4,7,11-13,15,17,21H,2-3,5-6,8-10H2,(H,19,22)/t12?,13?,15-/m0/s1. The number of aromatic nitrogens is 2. The van der Waals surface area contributed by atoms with Crippen molar-refractivity contribution in [3.05, 3.63) is 28.9 Å². The molecule has 1 aliphatic heterocycles.